The summed E-state index contributed by atoms with van der Waals surface area (Å²) in [4.78, 5) is 25.5. The SMILES string of the molecule is Cc1cccc(C(=O)Oc2ccc3ccccc3c2C=NNC(=O)c2ccc(OCc3ccccc3)cc2)c1. The molecule has 1 N–H and O–H groups in total. The van der Waals surface area contributed by atoms with Gasteiger partial charge in [0.2, 0.25) is 0 Å². The number of carbonyl (C=O) groups is 2. The topological polar surface area (TPSA) is 77.0 Å². The third-order valence-electron chi connectivity index (χ3n) is 6.11. The summed E-state index contributed by atoms with van der Waals surface area (Å²) >= 11 is 0. The quantitative estimate of drug-likeness (QED) is 0.108. The molecule has 0 bridgehead atoms. The minimum atomic E-state index is -0.470. The molecule has 0 heterocycles. The first-order chi connectivity index (χ1) is 19.1. The number of ether oxygens (including phenoxy) is 2. The summed E-state index contributed by atoms with van der Waals surface area (Å²) in [5.74, 6) is 0.162. The van der Waals surface area contributed by atoms with Crippen molar-refractivity contribution in [2.75, 3.05) is 0 Å². The van der Waals surface area contributed by atoms with Gasteiger partial charge in [-0.25, -0.2) is 10.2 Å². The lowest BCUT2D eigenvalue weighted by Crippen LogP contribution is -2.17. The zero-order valence-corrected chi connectivity index (χ0v) is 21.3. The van der Waals surface area contributed by atoms with Crippen LogP contribution in [0, 0.1) is 6.92 Å². The largest absolute Gasteiger partial charge is 0.489 e. The van der Waals surface area contributed by atoms with Gasteiger partial charge < -0.3 is 9.47 Å². The van der Waals surface area contributed by atoms with Crippen molar-refractivity contribution in [1.82, 2.24) is 5.43 Å². The van der Waals surface area contributed by atoms with E-state index in [2.05, 4.69) is 10.5 Å². The molecule has 0 aromatic heterocycles. The summed E-state index contributed by atoms with van der Waals surface area (Å²) in [7, 11) is 0. The number of esters is 1. The fourth-order valence-electron chi connectivity index (χ4n) is 4.09. The van der Waals surface area contributed by atoms with Gasteiger partial charge in [0, 0.05) is 11.1 Å². The normalized spacial score (nSPS) is 10.9. The molecular weight excluding hydrogens is 488 g/mol. The maximum Gasteiger partial charge on any atom is 0.343 e. The highest BCUT2D eigenvalue weighted by Crippen LogP contribution is 2.27. The van der Waals surface area contributed by atoms with Crippen LogP contribution in [0.5, 0.6) is 11.5 Å². The van der Waals surface area contributed by atoms with Crippen LogP contribution in [-0.2, 0) is 6.61 Å². The molecule has 0 aliphatic carbocycles. The van der Waals surface area contributed by atoms with E-state index in [1.807, 2.05) is 79.7 Å². The molecule has 6 nitrogen and oxygen atoms in total. The summed E-state index contributed by atoms with van der Waals surface area (Å²) in [5, 5.41) is 5.96. The molecule has 6 heteroatoms. The van der Waals surface area contributed by atoms with Gasteiger partial charge in [-0.3, -0.25) is 4.79 Å². The number of amides is 1. The minimum absolute atomic E-state index is 0.345. The zero-order chi connectivity index (χ0) is 27.0. The molecule has 39 heavy (non-hydrogen) atoms. The van der Waals surface area contributed by atoms with Gasteiger partial charge in [0.15, 0.2) is 0 Å². The highest BCUT2D eigenvalue weighted by Gasteiger charge is 2.14. The van der Waals surface area contributed by atoms with Crippen LogP contribution < -0.4 is 14.9 Å². The summed E-state index contributed by atoms with van der Waals surface area (Å²) in [6.07, 6.45) is 1.50. The number of nitrogens with zero attached hydrogens (tertiary/aromatic N) is 1. The number of hydrazone groups is 1. The monoisotopic (exact) mass is 514 g/mol. The number of rotatable bonds is 8. The van der Waals surface area contributed by atoms with Gasteiger partial charge in [-0.05, 0) is 65.7 Å². The number of nitrogens with one attached hydrogen (secondary N) is 1. The van der Waals surface area contributed by atoms with E-state index >= 15 is 0 Å². The van der Waals surface area contributed by atoms with Gasteiger partial charge in [0.1, 0.15) is 18.1 Å². The van der Waals surface area contributed by atoms with E-state index in [1.54, 1.807) is 42.5 Å². The van der Waals surface area contributed by atoms with Crippen LogP contribution in [0.15, 0.2) is 120 Å². The van der Waals surface area contributed by atoms with Crippen molar-refractivity contribution in [1.29, 1.82) is 0 Å². The standard InChI is InChI=1S/C33H26N2O4/c1-23-8-7-12-27(20-23)33(37)39-31-19-16-25-11-5-6-13-29(25)30(31)21-34-35-32(36)26-14-17-28(18-15-26)38-22-24-9-3-2-4-10-24/h2-21H,22H2,1H3,(H,35,36). The molecule has 5 aromatic rings. The minimum Gasteiger partial charge on any atom is -0.489 e. The van der Waals surface area contributed by atoms with Crippen molar-refractivity contribution in [3.05, 3.63) is 143 Å². The fraction of sp³-hybridized carbons (Fsp3) is 0.0606. The molecule has 0 spiro atoms. The second kappa shape index (κ2) is 11.9. The Balaban J connectivity index is 1.29. The van der Waals surface area contributed by atoms with E-state index in [9.17, 15) is 9.59 Å². The molecule has 0 unspecified atom stereocenters. The smallest absolute Gasteiger partial charge is 0.343 e. The average Bonchev–Trinajstić information content (AvgIpc) is 2.97. The van der Waals surface area contributed by atoms with E-state index in [-0.39, 0.29) is 5.91 Å². The highest BCUT2D eigenvalue weighted by atomic mass is 16.5. The molecule has 0 aliphatic heterocycles. The van der Waals surface area contributed by atoms with Crippen LogP contribution in [0.4, 0.5) is 0 Å². The van der Waals surface area contributed by atoms with Gasteiger partial charge in [-0.15, -0.1) is 0 Å². The number of carbonyl (C=O) groups excluding carboxylic acids is 2. The Morgan fingerprint density at radius 3 is 2.36 bits per heavy atom. The molecule has 5 rings (SSSR count). The predicted molar refractivity (Wildman–Crippen MR) is 152 cm³/mol. The summed E-state index contributed by atoms with van der Waals surface area (Å²) < 4.78 is 11.5. The first-order valence-corrected chi connectivity index (χ1v) is 12.5. The van der Waals surface area contributed by atoms with Crippen molar-refractivity contribution in [3.8, 4) is 11.5 Å². The Hall–Kier alpha value is -5.23. The van der Waals surface area contributed by atoms with E-state index in [0.717, 1.165) is 21.9 Å². The summed E-state index contributed by atoms with van der Waals surface area (Å²) in [5.41, 5.74) is 6.05. The number of fused-ring (bicyclic) bond motifs is 1. The number of hydrogen-bond donors (Lipinski definition) is 1. The number of aryl methyl sites for hydroxylation is 1. The first-order valence-electron chi connectivity index (χ1n) is 12.5. The third-order valence-corrected chi connectivity index (χ3v) is 6.11. The molecule has 0 radical (unpaired) electrons. The van der Waals surface area contributed by atoms with E-state index in [1.165, 1.54) is 6.21 Å². The van der Waals surface area contributed by atoms with Gasteiger partial charge in [0.25, 0.3) is 5.91 Å². The molecule has 0 atom stereocenters. The Morgan fingerprint density at radius 1 is 0.795 bits per heavy atom. The van der Waals surface area contributed by atoms with E-state index < -0.39 is 5.97 Å². The molecule has 0 fully saturated rings. The fourth-order valence-corrected chi connectivity index (χ4v) is 4.09. The second-order valence-electron chi connectivity index (χ2n) is 8.96. The van der Waals surface area contributed by atoms with Crippen LogP contribution >= 0.6 is 0 Å². The van der Waals surface area contributed by atoms with Crippen molar-refractivity contribution >= 4 is 28.9 Å². The average molecular weight is 515 g/mol. The van der Waals surface area contributed by atoms with Crippen molar-refractivity contribution in [2.24, 2.45) is 5.10 Å². The van der Waals surface area contributed by atoms with Crippen molar-refractivity contribution < 1.29 is 19.1 Å². The second-order valence-corrected chi connectivity index (χ2v) is 8.96. The molecule has 192 valence electrons. The van der Waals surface area contributed by atoms with Crippen LogP contribution in [0.1, 0.15) is 37.4 Å². The van der Waals surface area contributed by atoms with Crippen LogP contribution in [-0.4, -0.2) is 18.1 Å². The van der Waals surface area contributed by atoms with E-state index in [4.69, 9.17) is 9.47 Å². The number of benzene rings is 5. The Kier molecular flexibility index (Phi) is 7.74. The molecular formula is C33H26N2O4. The van der Waals surface area contributed by atoms with Gasteiger partial charge >= 0.3 is 5.97 Å². The Bertz CT molecular complexity index is 1640. The van der Waals surface area contributed by atoms with Crippen molar-refractivity contribution in [3.63, 3.8) is 0 Å². The molecule has 5 aromatic carbocycles. The lowest BCUT2D eigenvalue weighted by molar-refractivity contribution is 0.0734. The Labute approximate surface area is 226 Å². The maximum atomic E-state index is 12.8. The molecule has 0 saturated heterocycles. The highest BCUT2D eigenvalue weighted by molar-refractivity contribution is 6.04. The van der Waals surface area contributed by atoms with Crippen molar-refractivity contribution in [2.45, 2.75) is 13.5 Å². The molecule has 0 saturated carbocycles. The van der Waals surface area contributed by atoms with E-state index in [0.29, 0.717) is 34.8 Å². The van der Waals surface area contributed by atoms with Crippen LogP contribution in [0.2, 0.25) is 0 Å². The zero-order valence-electron chi connectivity index (χ0n) is 21.3. The predicted octanol–water partition coefficient (Wildman–Crippen LogP) is 6.71. The van der Waals surface area contributed by atoms with Crippen LogP contribution in [0.25, 0.3) is 10.8 Å². The summed E-state index contributed by atoms with van der Waals surface area (Å²) in [6.45, 7) is 2.36. The molecule has 0 aliphatic rings. The maximum absolute atomic E-state index is 12.8. The van der Waals surface area contributed by atoms with Gasteiger partial charge in [-0.2, -0.15) is 5.10 Å². The Morgan fingerprint density at radius 2 is 1.56 bits per heavy atom. The van der Waals surface area contributed by atoms with Gasteiger partial charge in [-0.1, -0.05) is 78.4 Å². The lowest BCUT2D eigenvalue weighted by Gasteiger charge is -2.11. The third kappa shape index (κ3) is 6.37. The first kappa shape index (κ1) is 25.4. The van der Waals surface area contributed by atoms with Gasteiger partial charge in [0.05, 0.1) is 11.8 Å². The summed E-state index contributed by atoms with van der Waals surface area (Å²) in [6, 6.07) is 35.2. The number of hydrogen-bond acceptors (Lipinski definition) is 5. The molecule has 1 amide bonds. The lowest BCUT2D eigenvalue weighted by atomic mass is 10.0. The van der Waals surface area contributed by atoms with Crippen LogP contribution in [0.3, 0.4) is 0 Å².